The monoisotopic (exact) mass is 268 g/mol. The Bertz CT molecular complexity index is 513. The van der Waals surface area contributed by atoms with E-state index in [2.05, 4.69) is 4.98 Å². The molecule has 17 heavy (non-hydrogen) atoms. The molecule has 0 aliphatic rings. The second kappa shape index (κ2) is 5.38. The third-order valence-electron chi connectivity index (χ3n) is 2.45. The highest BCUT2D eigenvalue weighted by atomic mass is 35.5. The van der Waals surface area contributed by atoms with Gasteiger partial charge in [0, 0.05) is 16.1 Å². The number of hydrogen-bond donors (Lipinski definition) is 1. The second-order valence-electron chi connectivity index (χ2n) is 3.62. The van der Waals surface area contributed by atoms with Gasteiger partial charge in [0.2, 0.25) is 0 Å². The summed E-state index contributed by atoms with van der Waals surface area (Å²) >= 11 is 7.49. The summed E-state index contributed by atoms with van der Waals surface area (Å²) in [7, 11) is 1.66. The molecular formula is C12H13ClN2OS. The van der Waals surface area contributed by atoms with E-state index in [1.54, 1.807) is 7.11 Å². The molecule has 1 aromatic carbocycles. The minimum atomic E-state index is 0.609. The molecule has 1 heterocycles. The Morgan fingerprint density at radius 1 is 1.41 bits per heavy atom. The summed E-state index contributed by atoms with van der Waals surface area (Å²) in [5.41, 5.74) is 6.69. The number of rotatable bonds is 4. The molecule has 5 heteroatoms. The van der Waals surface area contributed by atoms with Crippen LogP contribution in [0.15, 0.2) is 24.4 Å². The van der Waals surface area contributed by atoms with Crippen LogP contribution in [0, 0.1) is 0 Å². The van der Waals surface area contributed by atoms with Crippen LogP contribution < -0.4 is 10.5 Å². The van der Waals surface area contributed by atoms with Gasteiger partial charge in [-0.2, -0.15) is 0 Å². The highest BCUT2D eigenvalue weighted by Crippen LogP contribution is 2.25. The van der Waals surface area contributed by atoms with Crippen molar-refractivity contribution in [2.24, 2.45) is 0 Å². The Morgan fingerprint density at radius 3 is 2.88 bits per heavy atom. The van der Waals surface area contributed by atoms with Gasteiger partial charge < -0.3 is 10.5 Å². The lowest BCUT2D eigenvalue weighted by atomic mass is 10.1. The first kappa shape index (κ1) is 12.2. The predicted octanol–water partition coefficient (Wildman–Crippen LogP) is 3.17. The van der Waals surface area contributed by atoms with Crippen molar-refractivity contribution >= 4 is 28.1 Å². The Hall–Kier alpha value is -1.26. The largest absolute Gasteiger partial charge is 0.496 e. The Labute approximate surface area is 109 Å². The van der Waals surface area contributed by atoms with Crippen LogP contribution in [0.25, 0.3) is 0 Å². The van der Waals surface area contributed by atoms with Gasteiger partial charge in [-0.25, -0.2) is 4.98 Å². The number of nitrogens with two attached hydrogens (primary N) is 1. The Morgan fingerprint density at radius 2 is 2.24 bits per heavy atom. The molecule has 3 nitrogen and oxygen atoms in total. The number of benzene rings is 1. The first-order chi connectivity index (χ1) is 8.19. The van der Waals surface area contributed by atoms with Crippen LogP contribution in [0.5, 0.6) is 5.75 Å². The highest BCUT2D eigenvalue weighted by Gasteiger charge is 2.06. The maximum Gasteiger partial charge on any atom is 0.180 e. The number of aromatic nitrogens is 1. The van der Waals surface area contributed by atoms with E-state index in [4.69, 9.17) is 22.1 Å². The molecule has 1 aromatic heterocycles. The molecule has 0 amide bonds. The fourth-order valence-corrected chi connectivity index (χ4v) is 2.52. The molecule has 2 rings (SSSR count). The number of nitrogens with zero attached hydrogens (tertiary/aromatic N) is 1. The van der Waals surface area contributed by atoms with Crippen LogP contribution >= 0.6 is 22.9 Å². The maximum atomic E-state index is 5.97. The summed E-state index contributed by atoms with van der Waals surface area (Å²) in [5.74, 6) is 0.867. The summed E-state index contributed by atoms with van der Waals surface area (Å²) in [4.78, 5) is 5.20. The average Bonchev–Trinajstić information content (AvgIpc) is 2.73. The number of methoxy groups -OCH3 is 1. The molecule has 0 fully saturated rings. The average molecular weight is 269 g/mol. The van der Waals surface area contributed by atoms with E-state index in [-0.39, 0.29) is 0 Å². The minimum absolute atomic E-state index is 0.609. The predicted molar refractivity (Wildman–Crippen MR) is 71.9 cm³/mol. The molecule has 0 saturated heterocycles. The normalized spacial score (nSPS) is 10.5. The van der Waals surface area contributed by atoms with Crippen molar-refractivity contribution in [2.45, 2.75) is 12.8 Å². The van der Waals surface area contributed by atoms with Gasteiger partial charge in [0.25, 0.3) is 0 Å². The van der Waals surface area contributed by atoms with Crippen LogP contribution in [0.3, 0.4) is 0 Å². The van der Waals surface area contributed by atoms with E-state index in [1.165, 1.54) is 16.2 Å². The molecule has 0 radical (unpaired) electrons. The van der Waals surface area contributed by atoms with Gasteiger partial charge in [-0.15, -0.1) is 11.3 Å². The number of aryl methyl sites for hydroxylation is 2. The number of nitrogen functional groups attached to an aromatic ring is 1. The zero-order valence-electron chi connectivity index (χ0n) is 9.44. The van der Waals surface area contributed by atoms with Gasteiger partial charge in [0.05, 0.1) is 7.11 Å². The minimum Gasteiger partial charge on any atom is -0.496 e. The first-order valence-electron chi connectivity index (χ1n) is 5.21. The molecule has 0 bridgehead atoms. The van der Waals surface area contributed by atoms with Gasteiger partial charge in [0.15, 0.2) is 5.13 Å². The van der Waals surface area contributed by atoms with Crippen molar-refractivity contribution in [3.63, 3.8) is 0 Å². The number of halogens is 1. The molecule has 0 atom stereocenters. The van der Waals surface area contributed by atoms with E-state index >= 15 is 0 Å². The van der Waals surface area contributed by atoms with Gasteiger partial charge in [-0.1, -0.05) is 11.6 Å². The standard InChI is InChI=1S/C12H13ClN2OS/c1-16-11-5-3-9(13)6-8(11)2-4-10-7-15-12(14)17-10/h3,5-7H,2,4H2,1H3,(H2,14,15). The smallest absolute Gasteiger partial charge is 0.180 e. The van der Waals surface area contributed by atoms with Gasteiger partial charge >= 0.3 is 0 Å². The molecule has 0 spiro atoms. The third kappa shape index (κ3) is 3.11. The van der Waals surface area contributed by atoms with Crippen molar-refractivity contribution in [2.75, 3.05) is 12.8 Å². The van der Waals surface area contributed by atoms with Crippen molar-refractivity contribution in [1.82, 2.24) is 4.98 Å². The molecule has 0 saturated carbocycles. The summed E-state index contributed by atoms with van der Waals surface area (Å²) in [6.07, 6.45) is 3.58. The van der Waals surface area contributed by atoms with Crippen LogP contribution in [-0.4, -0.2) is 12.1 Å². The van der Waals surface area contributed by atoms with Gasteiger partial charge in [0.1, 0.15) is 5.75 Å². The number of thiazole rings is 1. The molecule has 0 unspecified atom stereocenters. The van der Waals surface area contributed by atoms with Crippen LogP contribution in [0.4, 0.5) is 5.13 Å². The van der Waals surface area contributed by atoms with Crippen LogP contribution in [0.2, 0.25) is 5.02 Å². The Kier molecular flexibility index (Phi) is 3.86. The summed E-state index contributed by atoms with van der Waals surface area (Å²) in [5, 5.41) is 1.34. The van der Waals surface area contributed by atoms with E-state index in [1.807, 2.05) is 24.4 Å². The van der Waals surface area contributed by atoms with Crippen molar-refractivity contribution in [3.8, 4) is 5.75 Å². The van der Waals surface area contributed by atoms with Crippen molar-refractivity contribution in [1.29, 1.82) is 0 Å². The third-order valence-corrected chi connectivity index (χ3v) is 3.58. The maximum absolute atomic E-state index is 5.97. The number of anilines is 1. The zero-order valence-corrected chi connectivity index (χ0v) is 11.0. The zero-order chi connectivity index (χ0) is 12.3. The highest BCUT2D eigenvalue weighted by molar-refractivity contribution is 7.15. The number of ether oxygens (including phenoxy) is 1. The second-order valence-corrected chi connectivity index (χ2v) is 5.20. The molecule has 0 aliphatic heterocycles. The molecule has 2 aromatic rings. The van der Waals surface area contributed by atoms with Crippen molar-refractivity contribution in [3.05, 3.63) is 39.9 Å². The lowest BCUT2D eigenvalue weighted by molar-refractivity contribution is 0.409. The first-order valence-corrected chi connectivity index (χ1v) is 6.41. The molecule has 90 valence electrons. The lowest BCUT2D eigenvalue weighted by Gasteiger charge is -2.07. The lowest BCUT2D eigenvalue weighted by Crippen LogP contribution is -1.94. The SMILES string of the molecule is COc1ccc(Cl)cc1CCc1cnc(N)s1. The van der Waals surface area contributed by atoms with E-state index < -0.39 is 0 Å². The van der Waals surface area contributed by atoms with Crippen LogP contribution in [-0.2, 0) is 12.8 Å². The van der Waals surface area contributed by atoms with E-state index in [0.717, 1.165) is 29.2 Å². The van der Waals surface area contributed by atoms with Gasteiger partial charge in [-0.3, -0.25) is 0 Å². The van der Waals surface area contributed by atoms with Crippen LogP contribution in [0.1, 0.15) is 10.4 Å². The topological polar surface area (TPSA) is 48.1 Å². The fraction of sp³-hybridized carbons (Fsp3) is 0.250. The summed E-state index contributed by atoms with van der Waals surface area (Å²) < 4.78 is 5.30. The summed E-state index contributed by atoms with van der Waals surface area (Å²) in [6, 6.07) is 5.65. The molecule has 0 aliphatic carbocycles. The fourth-order valence-electron chi connectivity index (χ4n) is 1.64. The van der Waals surface area contributed by atoms with Crippen molar-refractivity contribution < 1.29 is 4.74 Å². The molecule has 2 N–H and O–H groups in total. The quantitative estimate of drug-likeness (QED) is 0.927. The molecular weight excluding hydrogens is 256 g/mol. The van der Waals surface area contributed by atoms with E-state index in [0.29, 0.717) is 5.13 Å². The Balaban J connectivity index is 2.10. The summed E-state index contributed by atoms with van der Waals surface area (Å²) in [6.45, 7) is 0. The van der Waals surface area contributed by atoms with E-state index in [9.17, 15) is 0 Å². The number of hydrogen-bond acceptors (Lipinski definition) is 4. The van der Waals surface area contributed by atoms with Gasteiger partial charge in [-0.05, 0) is 36.6 Å².